The smallest absolute Gasteiger partial charge is 0.240 e. The Bertz CT molecular complexity index is 472. The summed E-state index contributed by atoms with van der Waals surface area (Å²) < 4.78 is 37.8. The van der Waals surface area contributed by atoms with Gasteiger partial charge in [0, 0.05) is 13.0 Å². The molecule has 0 fully saturated rings. The van der Waals surface area contributed by atoms with Crippen LogP contribution in [0.2, 0.25) is 0 Å². The summed E-state index contributed by atoms with van der Waals surface area (Å²) in [6, 6.07) is 4.36. The maximum absolute atomic E-state index is 12.6. The van der Waals surface area contributed by atoms with Crippen molar-refractivity contribution in [1.29, 1.82) is 0 Å². The molecule has 0 saturated carbocycles. The summed E-state index contributed by atoms with van der Waals surface area (Å²) in [5.41, 5.74) is 0. The highest BCUT2D eigenvalue weighted by molar-refractivity contribution is 7.89. The first kappa shape index (κ1) is 13.1. The van der Waals surface area contributed by atoms with Gasteiger partial charge in [0.1, 0.15) is 5.82 Å². The highest BCUT2D eigenvalue weighted by Crippen LogP contribution is 2.09. The van der Waals surface area contributed by atoms with Gasteiger partial charge in [0.2, 0.25) is 15.3 Å². The molecule has 0 aromatic heterocycles. The highest BCUT2D eigenvalue weighted by Gasteiger charge is 2.13. The largest absolute Gasteiger partial charge is 0.281 e. The number of benzene rings is 1. The van der Waals surface area contributed by atoms with Crippen molar-refractivity contribution >= 4 is 26.9 Å². The van der Waals surface area contributed by atoms with E-state index in [1.807, 2.05) is 0 Å². The Morgan fingerprint density at radius 2 is 1.88 bits per heavy atom. The van der Waals surface area contributed by atoms with Gasteiger partial charge < -0.3 is 0 Å². The van der Waals surface area contributed by atoms with E-state index in [4.69, 9.17) is 11.6 Å². The third-order valence-electron chi connectivity index (χ3n) is 1.74. The van der Waals surface area contributed by atoms with Crippen LogP contribution in [-0.4, -0.2) is 20.2 Å². The molecule has 1 aromatic carbocycles. The van der Waals surface area contributed by atoms with Crippen molar-refractivity contribution in [3.63, 3.8) is 0 Å². The van der Waals surface area contributed by atoms with Crippen molar-refractivity contribution in [1.82, 2.24) is 4.72 Å². The quantitative estimate of drug-likeness (QED) is 0.815. The van der Waals surface area contributed by atoms with E-state index in [2.05, 4.69) is 4.72 Å². The number of hydrogen-bond acceptors (Lipinski definition) is 3. The molecule has 88 valence electrons. The zero-order chi connectivity index (χ0) is 12.2. The van der Waals surface area contributed by atoms with E-state index in [1.165, 1.54) is 0 Å². The van der Waals surface area contributed by atoms with Crippen LogP contribution in [-0.2, 0) is 14.8 Å². The second-order valence-corrected chi connectivity index (χ2v) is 5.15. The number of rotatable bonds is 5. The fourth-order valence-corrected chi connectivity index (χ4v) is 2.11. The summed E-state index contributed by atoms with van der Waals surface area (Å²) >= 11 is 5.05. The van der Waals surface area contributed by atoms with E-state index in [-0.39, 0.29) is 17.9 Å². The molecule has 1 rings (SSSR count). The van der Waals surface area contributed by atoms with Crippen LogP contribution in [0.1, 0.15) is 6.42 Å². The minimum absolute atomic E-state index is 0.0593. The Hall–Kier alpha value is -0.980. The molecular weight excluding hydrogens is 257 g/mol. The molecule has 0 heterocycles. The van der Waals surface area contributed by atoms with Gasteiger partial charge >= 0.3 is 0 Å². The van der Waals surface area contributed by atoms with Crippen LogP contribution in [0.5, 0.6) is 0 Å². The normalized spacial score (nSPS) is 11.4. The summed E-state index contributed by atoms with van der Waals surface area (Å²) in [6.45, 7) is -0.0813. The van der Waals surface area contributed by atoms with Crippen LogP contribution in [0.3, 0.4) is 0 Å². The Kier molecular flexibility index (Phi) is 4.40. The topological polar surface area (TPSA) is 63.2 Å². The third-order valence-corrected chi connectivity index (χ3v) is 3.40. The summed E-state index contributed by atoms with van der Waals surface area (Å²) in [5, 5.41) is -0.623. The van der Waals surface area contributed by atoms with Gasteiger partial charge in [0.25, 0.3) is 0 Å². The lowest BCUT2D eigenvalue weighted by atomic mass is 10.4. The average Bonchev–Trinajstić information content (AvgIpc) is 2.17. The van der Waals surface area contributed by atoms with E-state index >= 15 is 0 Å². The van der Waals surface area contributed by atoms with E-state index in [9.17, 15) is 17.6 Å². The number of sulfonamides is 1. The lowest BCUT2D eigenvalue weighted by molar-refractivity contribution is -0.111. The van der Waals surface area contributed by atoms with E-state index in [0.29, 0.717) is 0 Å². The fraction of sp³-hybridized carbons (Fsp3) is 0.222. The predicted octanol–water partition coefficient (Wildman–Crippen LogP) is 1.26. The number of halogens is 2. The molecule has 1 aromatic rings. The number of carbonyl (C=O) groups is 1. The van der Waals surface area contributed by atoms with E-state index in [0.717, 1.165) is 24.3 Å². The van der Waals surface area contributed by atoms with Gasteiger partial charge in [-0.3, -0.25) is 4.79 Å². The van der Waals surface area contributed by atoms with Crippen molar-refractivity contribution in [3.05, 3.63) is 30.1 Å². The predicted molar refractivity (Wildman–Crippen MR) is 57.1 cm³/mol. The van der Waals surface area contributed by atoms with Crippen LogP contribution in [0.15, 0.2) is 29.2 Å². The number of hydrogen-bond donors (Lipinski definition) is 1. The van der Waals surface area contributed by atoms with Gasteiger partial charge in [0.15, 0.2) is 0 Å². The van der Waals surface area contributed by atoms with E-state index in [1.54, 1.807) is 0 Å². The van der Waals surface area contributed by atoms with Crippen LogP contribution in [0.25, 0.3) is 0 Å². The molecule has 7 heteroatoms. The lowest BCUT2D eigenvalue weighted by Crippen LogP contribution is -2.25. The molecule has 0 aliphatic carbocycles. The molecule has 0 saturated heterocycles. The van der Waals surface area contributed by atoms with Gasteiger partial charge in [-0.15, -0.1) is 0 Å². The first-order chi connectivity index (χ1) is 7.42. The molecule has 0 unspecified atom stereocenters. The van der Waals surface area contributed by atoms with Gasteiger partial charge in [0.05, 0.1) is 4.90 Å². The van der Waals surface area contributed by atoms with Crippen LogP contribution >= 0.6 is 11.6 Å². The Morgan fingerprint density at radius 3 is 2.38 bits per heavy atom. The molecule has 0 bridgehead atoms. The van der Waals surface area contributed by atoms with Crippen LogP contribution < -0.4 is 4.72 Å². The van der Waals surface area contributed by atoms with Crippen molar-refractivity contribution in [2.45, 2.75) is 11.3 Å². The molecule has 0 spiro atoms. The first-order valence-electron chi connectivity index (χ1n) is 4.35. The Labute approximate surface area is 97.5 Å². The molecule has 16 heavy (non-hydrogen) atoms. The SMILES string of the molecule is O=C(Cl)CCNS(=O)(=O)c1ccc(F)cc1. The maximum atomic E-state index is 12.6. The van der Waals surface area contributed by atoms with Gasteiger partial charge in [-0.1, -0.05) is 0 Å². The average molecular weight is 266 g/mol. The highest BCUT2D eigenvalue weighted by atomic mass is 35.5. The molecule has 0 amide bonds. The summed E-state index contributed by atoms with van der Waals surface area (Å²) in [6.07, 6.45) is -0.0953. The monoisotopic (exact) mass is 265 g/mol. The third kappa shape index (κ3) is 3.88. The minimum Gasteiger partial charge on any atom is -0.281 e. The molecule has 0 radical (unpaired) electrons. The summed E-state index contributed by atoms with van der Waals surface area (Å²) in [7, 11) is -3.70. The van der Waals surface area contributed by atoms with E-state index < -0.39 is 21.1 Å². The number of nitrogens with one attached hydrogen (secondary N) is 1. The standard InChI is InChI=1S/C9H9ClFNO3S/c10-9(13)5-6-12-16(14,15)8-3-1-7(11)2-4-8/h1-4,12H,5-6H2. The van der Waals surface area contributed by atoms with Crippen LogP contribution in [0.4, 0.5) is 4.39 Å². The molecule has 1 N–H and O–H groups in total. The molecule has 0 aliphatic heterocycles. The first-order valence-corrected chi connectivity index (χ1v) is 6.21. The Morgan fingerprint density at radius 1 is 1.31 bits per heavy atom. The van der Waals surface area contributed by atoms with Gasteiger partial charge in [-0.2, -0.15) is 0 Å². The minimum atomic E-state index is -3.70. The second kappa shape index (κ2) is 5.38. The second-order valence-electron chi connectivity index (χ2n) is 2.96. The lowest BCUT2D eigenvalue weighted by Gasteiger charge is -2.04. The van der Waals surface area contributed by atoms with Crippen molar-refractivity contribution in [2.24, 2.45) is 0 Å². The van der Waals surface area contributed by atoms with Gasteiger partial charge in [-0.05, 0) is 35.9 Å². The number of carbonyl (C=O) groups excluding carboxylic acids is 1. The van der Waals surface area contributed by atoms with Crippen molar-refractivity contribution in [3.8, 4) is 0 Å². The fourth-order valence-electron chi connectivity index (χ4n) is 0.981. The Balaban J connectivity index is 2.71. The van der Waals surface area contributed by atoms with Gasteiger partial charge in [-0.25, -0.2) is 17.5 Å². The van der Waals surface area contributed by atoms with Crippen molar-refractivity contribution in [2.75, 3.05) is 6.54 Å². The summed E-state index contributed by atoms with van der Waals surface area (Å²) in [4.78, 5) is 10.3. The zero-order valence-electron chi connectivity index (χ0n) is 8.11. The molecule has 0 aliphatic rings. The molecule has 0 atom stereocenters. The van der Waals surface area contributed by atoms with Crippen LogP contribution in [0, 0.1) is 5.82 Å². The van der Waals surface area contributed by atoms with Crippen molar-refractivity contribution < 1.29 is 17.6 Å². The zero-order valence-corrected chi connectivity index (χ0v) is 9.68. The summed E-state index contributed by atoms with van der Waals surface area (Å²) in [5.74, 6) is -0.519. The maximum Gasteiger partial charge on any atom is 0.240 e. The molecular formula is C9H9ClFNO3S. The molecule has 4 nitrogen and oxygen atoms in total.